The van der Waals surface area contributed by atoms with Crippen molar-refractivity contribution < 1.29 is 19.1 Å². The zero-order valence-corrected chi connectivity index (χ0v) is 17.7. The first-order valence-electron chi connectivity index (χ1n) is 9.33. The first-order chi connectivity index (χ1) is 15.0. The van der Waals surface area contributed by atoms with Crippen LogP contribution >= 0.6 is 11.3 Å². The normalized spacial score (nSPS) is 13.4. The minimum absolute atomic E-state index is 0.0635. The number of benzene rings is 2. The van der Waals surface area contributed by atoms with Crippen molar-refractivity contribution >= 4 is 44.9 Å². The fourth-order valence-electron chi connectivity index (χ4n) is 3.22. The molecule has 0 amide bonds. The van der Waals surface area contributed by atoms with Gasteiger partial charge in [-0.15, -0.1) is 11.3 Å². The number of hydrogen-bond acceptors (Lipinski definition) is 8. The van der Waals surface area contributed by atoms with Gasteiger partial charge in [0.25, 0.3) is 0 Å². The van der Waals surface area contributed by atoms with E-state index in [0.717, 1.165) is 20.8 Å². The van der Waals surface area contributed by atoms with Crippen LogP contribution < -0.4 is 10.6 Å². The molecule has 2 heterocycles. The van der Waals surface area contributed by atoms with Crippen LogP contribution in [-0.4, -0.2) is 31.1 Å². The predicted molar refractivity (Wildman–Crippen MR) is 121 cm³/mol. The lowest BCUT2D eigenvalue weighted by molar-refractivity contribution is -0.139. The van der Waals surface area contributed by atoms with Crippen LogP contribution in [0.3, 0.4) is 0 Å². The molecule has 0 radical (unpaired) electrons. The molecule has 2 N–H and O–H groups in total. The van der Waals surface area contributed by atoms with Crippen molar-refractivity contribution in [2.24, 2.45) is 0 Å². The van der Waals surface area contributed by atoms with E-state index in [-0.39, 0.29) is 11.3 Å². The quantitative estimate of drug-likeness (QED) is 0.490. The minimum Gasteiger partial charge on any atom is -0.465 e. The predicted octanol–water partition coefficient (Wildman–Crippen LogP) is 4.04. The number of esters is 2. The van der Waals surface area contributed by atoms with Crippen molar-refractivity contribution in [3.8, 4) is 10.6 Å². The fourth-order valence-corrected chi connectivity index (χ4v) is 4.23. The second kappa shape index (κ2) is 8.45. The van der Waals surface area contributed by atoms with E-state index in [2.05, 4.69) is 0 Å². The molecule has 31 heavy (non-hydrogen) atoms. The summed E-state index contributed by atoms with van der Waals surface area (Å²) in [6.45, 7) is 0. The van der Waals surface area contributed by atoms with Gasteiger partial charge in [0.05, 0.1) is 30.0 Å². The fraction of sp³-hybridized carbons (Fsp3) is 0.0870. The number of fused-ring (bicyclic) bond motifs is 1. The molecule has 1 aliphatic heterocycles. The van der Waals surface area contributed by atoms with Crippen molar-refractivity contribution in [3.63, 3.8) is 0 Å². The number of methoxy groups -OCH3 is 2. The molecule has 156 valence electrons. The van der Waals surface area contributed by atoms with Crippen LogP contribution in [0.4, 0.5) is 11.4 Å². The SMILES string of the molecule is COC(=O)C1=C(C(=O)OC)N(c2cccc(-c3nc4ccc(N)cc4s3)c2)C=CC=C1. The summed E-state index contributed by atoms with van der Waals surface area (Å²) < 4.78 is 10.8. The summed E-state index contributed by atoms with van der Waals surface area (Å²) in [6, 6.07) is 13.1. The van der Waals surface area contributed by atoms with E-state index in [1.165, 1.54) is 31.6 Å². The number of nitrogens with two attached hydrogens (primary N) is 1. The zero-order chi connectivity index (χ0) is 22.0. The lowest BCUT2D eigenvalue weighted by atomic mass is 10.1. The molecule has 7 nitrogen and oxygen atoms in total. The Morgan fingerprint density at radius 3 is 2.61 bits per heavy atom. The highest BCUT2D eigenvalue weighted by molar-refractivity contribution is 7.21. The summed E-state index contributed by atoms with van der Waals surface area (Å²) in [5.74, 6) is -1.29. The Kier molecular flexibility index (Phi) is 5.55. The van der Waals surface area contributed by atoms with E-state index in [0.29, 0.717) is 11.4 Å². The highest BCUT2D eigenvalue weighted by Gasteiger charge is 2.27. The molecule has 0 saturated heterocycles. The molecule has 0 spiro atoms. The second-order valence-electron chi connectivity index (χ2n) is 6.61. The number of thiazole rings is 1. The largest absolute Gasteiger partial charge is 0.465 e. The van der Waals surface area contributed by atoms with Crippen molar-refractivity contribution in [2.75, 3.05) is 24.9 Å². The molecular weight excluding hydrogens is 414 g/mol. The molecule has 0 bridgehead atoms. The smallest absolute Gasteiger partial charge is 0.355 e. The van der Waals surface area contributed by atoms with Crippen LogP contribution in [0.15, 0.2) is 78.2 Å². The maximum Gasteiger partial charge on any atom is 0.355 e. The van der Waals surface area contributed by atoms with Crippen LogP contribution in [-0.2, 0) is 19.1 Å². The summed E-state index contributed by atoms with van der Waals surface area (Å²) >= 11 is 1.53. The number of allylic oxidation sites excluding steroid dienone is 2. The van der Waals surface area contributed by atoms with Gasteiger partial charge in [0.15, 0.2) is 0 Å². The highest BCUT2D eigenvalue weighted by atomic mass is 32.1. The molecule has 3 aromatic rings. The molecule has 0 saturated carbocycles. The Balaban J connectivity index is 1.82. The number of carbonyl (C=O) groups is 2. The van der Waals surface area contributed by atoms with Crippen LogP contribution in [0, 0.1) is 0 Å². The average molecular weight is 433 g/mol. The van der Waals surface area contributed by atoms with Crippen molar-refractivity contribution in [3.05, 3.63) is 78.2 Å². The molecule has 0 fully saturated rings. The highest BCUT2D eigenvalue weighted by Crippen LogP contribution is 2.34. The Hall–Kier alpha value is -3.91. The third-order valence-corrected chi connectivity index (χ3v) is 5.74. The summed E-state index contributed by atoms with van der Waals surface area (Å²) in [5, 5.41) is 0.816. The summed E-state index contributed by atoms with van der Waals surface area (Å²) in [4.78, 5) is 31.2. The van der Waals surface area contributed by atoms with Gasteiger partial charge in [-0.05, 0) is 42.5 Å². The van der Waals surface area contributed by atoms with Crippen LogP contribution in [0.1, 0.15) is 0 Å². The van der Waals surface area contributed by atoms with Gasteiger partial charge in [-0.25, -0.2) is 14.6 Å². The molecule has 4 rings (SSSR count). The van der Waals surface area contributed by atoms with Crippen molar-refractivity contribution in [1.29, 1.82) is 0 Å². The van der Waals surface area contributed by atoms with Gasteiger partial charge >= 0.3 is 11.9 Å². The van der Waals surface area contributed by atoms with E-state index in [1.54, 1.807) is 23.3 Å². The standard InChI is InChI=1S/C23H19N3O4S/c1-29-22(27)17-8-3-4-11-26(20(17)23(28)30-2)16-7-5-6-14(12-16)21-25-18-10-9-15(24)13-19(18)31-21/h3-13H,24H2,1-2H3. The Bertz CT molecular complexity index is 1270. The Labute approximate surface area is 182 Å². The molecular formula is C23H19N3O4S. The maximum absolute atomic E-state index is 12.6. The van der Waals surface area contributed by atoms with E-state index in [9.17, 15) is 9.59 Å². The summed E-state index contributed by atoms with van der Waals surface area (Å²) in [5.41, 5.74) is 9.12. The topological polar surface area (TPSA) is 94.8 Å². The number of aromatic nitrogens is 1. The first kappa shape index (κ1) is 20.4. The van der Waals surface area contributed by atoms with Crippen molar-refractivity contribution in [1.82, 2.24) is 4.98 Å². The lowest BCUT2D eigenvalue weighted by Gasteiger charge is -2.23. The van der Waals surface area contributed by atoms with Gasteiger partial charge in [-0.3, -0.25) is 0 Å². The van der Waals surface area contributed by atoms with Crippen LogP contribution in [0.5, 0.6) is 0 Å². The maximum atomic E-state index is 12.6. The lowest BCUT2D eigenvalue weighted by Crippen LogP contribution is -2.26. The van der Waals surface area contributed by atoms with Gasteiger partial charge < -0.3 is 20.1 Å². The van der Waals surface area contributed by atoms with E-state index in [4.69, 9.17) is 20.2 Å². The molecule has 2 aromatic carbocycles. The molecule has 0 atom stereocenters. The van der Waals surface area contributed by atoms with Gasteiger partial charge in [0.2, 0.25) is 0 Å². The van der Waals surface area contributed by atoms with Crippen LogP contribution in [0.2, 0.25) is 0 Å². The molecule has 1 aromatic heterocycles. The number of nitrogen functional groups attached to an aromatic ring is 1. The summed E-state index contributed by atoms with van der Waals surface area (Å²) in [6.07, 6.45) is 6.61. The molecule has 8 heteroatoms. The molecule has 0 aliphatic carbocycles. The third-order valence-electron chi connectivity index (χ3n) is 4.67. The molecule has 0 unspecified atom stereocenters. The Morgan fingerprint density at radius 2 is 1.84 bits per heavy atom. The number of ether oxygens (including phenoxy) is 2. The average Bonchev–Trinajstić information content (AvgIpc) is 3.08. The number of hydrogen-bond donors (Lipinski definition) is 1. The Morgan fingerprint density at radius 1 is 1.03 bits per heavy atom. The van der Waals surface area contributed by atoms with Crippen molar-refractivity contribution in [2.45, 2.75) is 0 Å². The third kappa shape index (κ3) is 3.93. The van der Waals surface area contributed by atoms with Crippen LogP contribution in [0.25, 0.3) is 20.8 Å². The van der Waals surface area contributed by atoms with E-state index < -0.39 is 11.9 Å². The zero-order valence-electron chi connectivity index (χ0n) is 16.9. The summed E-state index contributed by atoms with van der Waals surface area (Å²) in [7, 11) is 2.53. The number of anilines is 2. The monoisotopic (exact) mass is 433 g/mol. The number of rotatable bonds is 4. The second-order valence-corrected chi connectivity index (χ2v) is 7.64. The van der Waals surface area contributed by atoms with Gasteiger partial charge in [-0.2, -0.15) is 0 Å². The van der Waals surface area contributed by atoms with E-state index in [1.807, 2.05) is 42.5 Å². The number of nitrogens with zero attached hydrogens (tertiary/aromatic N) is 2. The molecule has 1 aliphatic rings. The minimum atomic E-state index is -0.655. The first-order valence-corrected chi connectivity index (χ1v) is 10.1. The van der Waals surface area contributed by atoms with Gasteiger partial charge in [0.1, 0.15) is 10.7 Å². The van der Waals surface area contributed by atoms with E-state index >= 15 is 0 Å². The number of carbonyl (C=O) groups excluding carboxylic acids is 2. The van der Waals surface area contributed by atoms with Gasteiger partial charge in [-0.1, -0.05) is 18.2 Å². The van der Waals surface area contributed by atoms with Gasteiger partial charge in [0, 0.05) is 23.1 Å².